The molecule has 164 valence electrons. The van der Waals surface area contributed by atoms with Gasteiger partial charge in [-0.05, 0) is 49.2 Å². The lowest BCUT2D eigenvalue weighted by Gasteiger charge is -2.24. The summed E-state index contributed by atoms with van der Waals surface area (Å²) in [6.45, 7) is 4.12. The Morgan fingerprint density at radius 1 is 1.00 bits per heavy atom. The standard InChI is InChI=1S/C26H22ClN5O/c1-16-6-10-18(11-7-16)22-15-23(19-12-8-17(2)9-13-19)32-26(28-22)30-25(31-32)29-24(33)20-4-3-5-21(27)14-20/h3-15,23H,1-2H3,(H2,28,29,30,31,33). The average molecular weight is 456 g/mol. The van der Waals surface area contributed by atoms with Gasteiger partial charge in [-0.15, -0.1) is 5.10 Å². The number of hydrogen-bond donors (Lipinski definition) is 2. The van der Waals surface area contributed by atoms with Gasteiger partial charge in [0.05, 0.1) is 0 Å². The van der Waals surface area contributed by atoms with Crippen LogP contribution in [0.5, 0.6) is 0 Å². The number of amides is 1. The summed E-state index contributed by atoms with van der Waals surface area (Å²) in [7, 11) is 0. The van der Waals surface area contributed by atoms with E-state index in [9.17, 15) is 4.79 Å². The minimum absolute atomic E-state index is 0.178. The molecule has 6 nitrogen and oxygen atoms in total. The number of allylic oxidation sites excluding steroid dienone is 1. The summed E-state index contributed by atoms with van der Waals surface area (Å²) in [6.07, 6.45) is 2.12. The maximum atomic E-state index is 12.7. The fraction of sp³-hybridized carbons (Fsp3) is 0.115. The lowest BCUT2D eigenvalue weighted by atomic mass is 10.0. The molecule has 4 aromatic rings. The molecule has 5 rings (SSSR count). The van der Waals surface area contributed by atoms with E-state index in [0.29, 0.717) is 16.5 Å². The lowest BCUT2D eigenvalue weighted by molar-refractivity contribution is 0.102. The molecule has 0 saturated carbocycles. The van der Waals surface area contributed by atoms with Crippen LogP contribution in [0.15, 0.2) is 78.9 Å². The summed E-state index contributed by atoms with van der Waals surface area (Å²) in [5.74, 6) is 0.456. The van der Waals surface area contributed by atoms with Crippen LogP contribution in [0, 0.1) is 13.8 Å². The van der Waals surface area contributed by atoms with Crippen molar-refractivity contribution in [2.45, 2.75) is 19.9 Å². The van der Waals surface area contributed by atoms with Crippen LogP contribution in [-0.4, -0.2) is 20.7 Å². The maximum Gasteiger partial charge on any atom is 0.258 e. The maximum absolute atomic E-state index is 12.7. The van der Waals surface area contributed by atoms with Crippen molar-refractivity contribution in [1.82, 2.24) is 14.8 Å². The number of fused-ring (bicyclic) bond motifs is 1. The molecule has 0 radical (unpaired) electrons. The van der Waals surface area contributed by atoms with Crippen LogP contribution < -0.4 is 10.6 Å². The highest BCUT2D eigenvalue weighted by Gasteiger charge is 2.26. The first-order valence-electron chi connectivity index (χ1n) is 10.6. The van der Waals surface area contributed by atoms with Crippen molar-refractivity contribution in [1.29, 1.82) is 0 Å². The second kappa shape index (κ2) is 8.56. The van der Waals surface area contributed by atoms with Gasteiger partial charge in [0.15, 0.2) is 0 Å². The Labute approximate surface area is 196 Å². The molecule has 3 aromatic carbocycles. The van der Waals surface area contributed by atoms with Crippen LogP contribution >= 0.6 is 11.6 Å². The number of rotatable bonds is 4. The number of hydrogen-bond acceptors (Lipinski definition) is 4. The first kappa shape index (κ1) is 21.0. The number of nitrogens with one attached hydrogen (secondary N) is 2. The van der Waals surface area contributed by atoms with Gasteiger partial charge in [-0.1, -0.05) is 77.3 Å². The van der Waals surface area contributed by atoms with Gasteiger partial charge in [0, 0.05) is 16.3 Å². The zero-order valence-corrected chi connectivity index (χ0v) is 19.0. The van der Waals surface area contributed by atoms with E-state index in [-0.39, 0.29) is 17.9 Å². The Balaban J connectivity index is 1.51. The third-order valence-corrected chi connectivity index (χ3v) is 5.79. The number of halogens is 1. The molecule has 2 N–H and O–H groups in total. The Morgan fingerprint density at radius 2 is 1.70 bits per heavy atom. The van der Waals surface area contributed by atoms with E-state index in [2.05, 4.69) is 89.2 Å². The Morgan fingerprint density at radius 3 is 2.39 bits per heavy atom. The summed E-state index contributed by atoms with van der Waals surface area (Å²) in [6, 6.07) is 23.2. The second-order valence-electron chi connectivity index (χ2n) is 8.09. The zero-order chi connectivity index (χ0) is 22.9. The summed E-state index contributed by atoms with van der Waals surface area (Å²) < 4.78 is 1.79. The van der Waals surface area contributed by atoms with Crippen molar-refractivity contribution >= 4 is 35.1 Å². The van der Waals surface area contributed by atoms with Gasteiger partial charge in [0.25, 0.3) is 11.9 Å². The number of benzene rings is 3. The average Bonchev–Trinajstić information content (AvgIpc) is 3.22. The van der Waals surface area contributed by atoms with Crippen LogP contribution in [0.25, 0.3) is 5.70 Å². The Hall–Kier alpha value is -3.90. The third-order valence-electron chi connectivity index (χ3n) is 5.56. The fourth-order valence-corrected chi connectivity index (χ4v) is 3.94. The van der Waals surface area contributed by atoms with Gasteiger partial charge >= 0.3 is 0 Å². The fourth-order valence-electron chi connectivity index (χ4n) is 3.75. The summed E-state index contributed by atoms with van der Waals surface area (Å²) in [4.78, 5) is 17.3. The van der Waals surface area contributed by atoms with Gasteiger partial charge in [-0.2, -0.15) is 4.98 Å². The van der Waals surface area contributed by atoms with E-state index in [1.165, 1.54) is 11.1 Å². The van der Waals surface area contributed by atoms with Crippen LogP contribution in [-0.2, 0) is 0 Å². The van der Waals surface area contributed by atoms with Crippen molar-refractivity contribution in [3.63, 3.8) is 0 Å². The topological polar surface area (TPSA) is 71.8 Å². The third kappa shape index (κ3) is 4.38. The smallest absolute Gasteiger partial charge is 0.258 e. The van der Waals surface area contributed by atoms with Crippen LogP contribution in [0.4, 0.5) is 11.9 Å². The van der Waals surface area contributed by atoms with Crippen LogP contribution in [0.3, 0.4) is 0 Å². The van der Waals surface area contributed by atoms with Gasteiger partial charge in [-0.25, -0.2) is 4.68 Å². The van der Waals surface area contributed by atoms with E-state index >= 15 is 0 Å². The van der Waals surface area contributed by atoms with E-state index in [1.807, 2.05) is 0 Å². The second-order valence-corrected chi connectivity index (χ2v) is 8.53. The molecular formula is C26H22ClN5O. The largest absolute Gasteiger partial charge is 0.324 e. The van der Waals surface area contributed by atoms with Gasteiger partial charge in [0.2, 0.25) is 5.95 Å². The number of carbonyl (C=O) groups excluding carboxylic acids is 1. The summed E-state index contributed by atoms with van der Waals surface area (Å²) >= 11 is 6.02. The molecule has 0 bridgehead atoms. The van der Waals surface area contributed by atoms with E-state index in [1.54, 1.807) is 28.9 Å². The molecule has 0 spiro atoms. The van der Waals surface area contributed by atoms with Gasteiger partial charge in [-0.3, -0.25) is 10.1 Å². The predicted molar refractivity (Wildman–Crippen MR) is 132 cm³/mol. The molecule has 7 heteroatoms. The van der Waals surface area contributed by atoms with E-state index in [4.69, 9.17) is 11.6 Å². The highest BCUT2D eigenvalue weighted by atomic mass is 35.5. The van der Waals surface area contributed by atoms with Gasteiger partial charge in [0.1, 0.15) is 6.04 Å². The molecule has 1 unspecified atom stereocenters. The van der Waals surface area contributed by atoms with Crippen molar-refractivity contribution in [2.24, 2.45) is 0 Å². The molecule has 0 saturated heterocycles. The molecule has 2 heterocycles. The summed E-state index contributed by atoms with van der Waals surface area (Å²) in [5, 5.41) is 11.2. The van der Waals surface area contributed by atoms with Crippen molar-refractivity contribution in [3.8, 4) is 0 Å². The molecule has 1 atom stereocenters. The van der Waals surface area contributed by atoms with E-state index < -0.39 is 0 Å². The first-order valence-corrected chi connectivity index (χ1v) is 11.0. The molecule has 1 aliphatic rings. The Kier molecular flexibility index (Phi) is 5.44. The van der Waals surface area contributed by atoms with E-state index in [0.717, 1.165) is 16.8 Å². The molecule has 33 heavy (non-hydrogen) atoms. The number of aryl methyl sites for hydroxylation is 2. The van der Waals surface area contributed by atoms with Crippen molar-refractivity contribution < 1.29 is 4.79 Å². The minimum atomic E-state index is -0.320. The molecule has 1 amide bonds. The zero-order valence-electron chi connectivity index (χ0n) is 18.2. The van der Waals surface area contributed by atoms with Crippen LogP contribution in [0.2, 0.25) is 5.02 Å². The monoisotopic (exact) mass is 455 g/mol. The van der Waals surface area contributed by atoms with Crippen molar-refractivity contribution in [3.05, 3.63) is 112 Å². The molecule has 1 aromatic heterocycles. The molecular weight excluding hydrogens is 434 g/mol. The highest BCUT2D eigenvalue weighted by Crippen LogP contribution is 2.33. The van der Waals surface area contributed by atoms with Gasteiger partial charge < -0.3 is 5.32 Å². The minimum Gasteiger partial charge on any atom is -0.324 e. The number of nitrogens with zero attached hydrogens (tertiary/aromatic N) is 3. The number of carbonyl (C=O) groups is 1. The molecule has 1 aliphatic heterocycles. The number of aromatic nitrogens is 3. The normalized spacial score (nSPS) is 14.8. The van der Waals surface area contributed by atoms with Crippen LogP contribution in [0.1, 0.15) is 38.7 Å². The first-order chi connectivity index (χ1) is 16.0. The number of anilines is 2. The lowest BCUT2D eigenvalue weighted by Crippen LogP contribution is -2.20. The molecule has 0 fully saturated rings. The Bertz CT molecular complexity index is 1360. The summed E-state index contributed by atoms with van der Waals surface area (Å²) in [5.41, 5.74) is 5.88. The molecule has 0 aliphatic carbocycles. The quantitative estimate of drug-likeness (QED) is 0.404. The predicted octanol–water partition coefficient (Wildman–Crippen LogP) is 5.86. The highest BCUT2D eigenvalue weighted by molar-refractivity contribution is 6.31. The van der Waals surface area contributed by atoms with Crippen molar-refractivity contribution in [2.75, 3.05) is 10.6 Å². The SMILES string of the molecule is Cc1ccc(C2=CC(c3ccc(C)cc3)n3nc(NC(=O)c4cccc(Cl)c4)nc3N2)cc1.